The van der Waals surface area contributed by atoms with Crippen LogP contribution >= 0.6 is 22.7 Å². The van der Waals surface area contributed by atoms with Crippen molar-refractivity contribution in [1.82, 2.24) is 0 Å². The Morgan fingerprint density at radius 3 is 1.86 bits per heavy atom. The molecule has 0 amide bonds. The largest absolute Gasteiger partial charge is 0.309 e. The van der Waals surface area contributed by atoms with Crippen molar-refractivity contribution in [3.05, 3.63) is 152 Å². The van der Waals surface area contributed by atoms with Crippen LogP contribution in [0.2, 0.25) is 0 Å². The molecule has 7 aromatic carbocycles. The third kappa shape index (κ3) is 3.90. The van der Waals surface area contributed by atoms with E-state index < -0.39 is 0 Å². The van der Waals surface area contributed by atoms with Gasteiger partial charge in [-0.2, -0.15) is 0 Å². The Balaban J connectivity index is 1.28. The number of thiophene rings is 2. The molecule has 0 saturated heterocycles. The molecule has 202 valence electrons. The summed E-state index contributed by atoms with van der Waals surface area (Å²) in [6.45, 7) is 0. The number of hydrogen-bond acceptors (Lipinski definition) is 3. The van der Waals surface area contributed by atoms with Gasteiger partial charge in [0.2, 0.25) is 0 Å². The van der Waals surface area contributed by atoms with Crippen LogP contribution in [0.5, 0.6) is 0 Å². The Morgan fingerprint density at radius 1 is 0.372 bits per heavy atom. The van der Waals surface area contributed by atoms with E-state index in [4.69, 9.17) is 0 Å². The van der Waals surface area contributed by atoms with Crippen LogP contribution in [-0.2, 0) is 0 Å². The van der Waals surface area contributed by atoms with Gasteiger partial charge < -0.3 is 4.90 Å². The molecule has 0 atom stereocenters. The molecule has 2 aromatic heterocycles. The molecule has 9 aromatic rings. The lowest BCUT2D eigenvalue weighted by Gasteiger charge is -2.26. The monoisotopic (exact) mass is 583 g/mol. The summed E-state index contributed by atoms with van der Waals surface area (Å²) in [5.41, 5.74) is 5.95. The summed E-state index contributed by atoms with van der Waals surface area (Å²) < 4.78 is 5.40. The van der Waals surface area contributed by atoms with E-state index in [-0.39, 0.29) is 0 Å². The van der Waals surface area contributed by atoms with Crippen molar-refractivity contribution >= 4 is 90.9 Å². The average molecular weight is 584 g/mol. The Kier molecular flexibility index (Phi) is 5.62. The molecule has 0 N–H and O–H groups in total. The molecule has 0 aliphatic carbocycles. The fourth-order valence-electron chi connectivity index (χ4n) is 6.44. The summed E-state index contributed by atoms with van der Waals surface area (Å²) in [4.78, 5) is 2.40. The molecule has 1 nitrogen and oxygen atoms in total. The average Bonchev–Trinajstić information content (AvgIpc) is 3.65. The van der Waals surface area contributed by atoms with Gasteiger partial charge in [0, 0.05) is 47.0 Å². The zero-order valence-electron chi connectivity index (χ0n) is 23.2. The maximum Gasteiger partial charge on any atom is 0.0640 e. The maximum absolute atomic E-state index is 2.40. The van der Waals surface area contributed by atoms with Crippen molar-refractivity contribution in [2.75, 3.05) is 4.90 Å². The van der Waals surface area contributed by atoms with E-state index in [0.29, 0.717) is 0 Å². The van der Waals surface area contributed by atoms with Gasteiger partial charge in [0.1, 0.15) is 0 Å². The highest BCUT2D eigenvalue weighted by molar-refractivity contribution is 7.30. The van der Waals surface area contributed by atoms with E-state index in [9.17, 15) is 0 Å². The second-order valence-corrected chi connectivity index (χ2v) is 13.0. The number of nitrogens with zero attached hydrogens (tertiary/aromatic N) is 1. The van der Waals surface area contributed by atoms with Crippen LogP contribution in [-0.4, -0.2) is 0 Å². The first-order chi connectivity index (χ1) is 21.3. The standard InChI is InChI=1S/C40H25NS2/c1-3-10-26(11-4-1)27-18-21-30(22-19-27)41(29-13-5-2-6-14-29)35-17-9-16-34-37-36(42-39(34)35)25-24-33-32-23-20-28-12-7-8-15-31(28)38(32)43-40(33)37/h1-25H. The molecule has 9 rings (SSSR count). The van der Waals surface area contributed by atoms with E-state index in [1.54, 1.807) is 0 Å². The van der Waals surface area contributed by atoms with Crippen LogP contribution in [0.3, 0.4) is 0 Å². The van der Waals surface area contributed by atoms with Crippen LogP contribution in [0.15, 0.2) is 152 Å². The summed E-state index contributed by atoms with van der Waals surface area (Å²) in [6, 6.07) is 55.1. The molecule has 0 aliphatic rings. The van der Waals surface area contributed by atoms with Gasteiger partial charge in [0.05, 0.1) is 10.4 Å². The smallest absolute Gasteiger partial charge is 0.0640 e. The number of para-hydroxylation sites is 1. The quantitative estimate of drug-likeness (QED) is 0.199. The summed E-state index contributed by atoms with van der Waals surface area (Å²) in [5.74, 6) is 0. The van der Waals surface area contributed by atoms with Crippen molar-refractivity contribution in [1.29, 1.82) is 0 Å². The summed E-state index contributed by atoms with van der Waals surface area (Å²) in [6.07, 6.45) is 0. The normalized spacial score (nSPS) is 11.7. The van der Waals surface area contributed by atoms with Gasteiger partial charge >= 0.3 is 0 Å². The van der Waals surface area contributed by atoms with Crippen molar-refractivity contribution in [2.24, 2.45) is 0 Å². The van der Waals surface area contributed by atoms with Crippen molar-refractivity contribution in [2.45, 2.75) is 0 Å². The van der Waals surface area contributed by atoms with Crippen LogP contribution < -0.4 is 4.90 Å². The molecule has 0 aliphatic heterocycles. The fourth-order valence-corrected chi connectivity index (χ4v) is 9.12. The first-order valence-corrected chi connectivity index (χ1v) is 16.2. The summed E-state index contributed by atoms with van der Waals surface area (Å²) in [5, 5.41) is 8.02. The van der Waals surface area contributed by atoms with Gasteiger partial charge in [-0.25, -0.2) is 0 Å². The van der Waals surface area contributed by atoms with Gasteiger partial charge in [-0.05, 0) is 58.3 Å². The summed E-state index contributed by atoms with van der Waals surface area (Å²) in [7, 11) is 0. The molecule has 3 heteroatoms. The number of rotatable bonds is 4. The van der Waals surface area contributed by atoms with Gasteiger partial charge in [0.25, 0.3) is 0 Å². The Bertz CT molecular complexity index is 2440. The maximum atomic E-state index is 2.40. The van der Waals surface area contributed by atoms with Crippen LogP contribution in [0.4, 0.5) is 17.1 Å². The Labute approximate surface area is 257 Å². The SMILES string of the molecule is c1ccc(-c2ccc(N(c3ccccc3)c3cccc4c3sc3ccc5c6ccc7ccccc7c6sc5c34)cc2)cc1. The number of fused-ring (bicyclic) bond motifs is 9. The number of anilines is 3. The first-order valence-electron chi connectivity index (χ1n) is 14.5. The predicted molar refractivity (Wildman–Crippen MR) is 190 cm³/mol. The number of hydrogen-bond donors (Lipinski definition) is 0. The Hall–Kier alpha value is -4.96. The van der Waals surface area contributed by atoms with Crippen LogP contribution in [0.1, 0.15) is 0 Å². The molecular formula is C40H25NS2. The molecule has 0 saturated carbocycles. The second-order valence-electron chi connectivity index (χ2n) is 10.9. The lowest BCUT2D eigenvalue weighted by atomic mass is 10.0. The van der Waals surface area contributed by atoms with Crippen LogP contribution in [0.25, 0.3) is 62.2 Å². The van der Waals surface area contributed by atoms with Gasteiger partial charge in [-0.1, -0.05) is 115 Å². The predicted octanol–water partition coefficient (Wildman–Crippen LogP) is 12.7. The van der Waals surface area contributed by atoms with E-state index in [1.165, 1.54) is 67.9 Å². The highest BCUT2D eigenvalue weighted by atomic mass is 32.1. The van der Waals surface area contributed by atoms with Crippen LogP contribution in [0, 0.1) is 0 Å². The van der Waals surface area contributed by atoms with E-state index in [1.807, 2.05) is 22.7 Å². The topological polar surface area (TPSA) is 3.24 Å². The van der Waals surface area contributed by atoms with E-state index in [2.05, 4.69) is 157 Å². The van der Waals surface area contributed by atoms with Gasteiger partial charge in [-0.3, -0.25) is 0 Å². The minimum absolute atomic E-state index is 1.15. The molecule has 0 radical (unpaired) electrons. The minimum atomic E-state index is 1.15. The lowest BCUT2D eigenvalue weighted by molar-refractivity contribution is 1.30. The molecular weight excluding hydrogens is 559 g/mol. The third-order valence-corrected chi connectivity index (χ3v) is 10.9. The van der Waals surface area contributed by atoms with Crippen molar-refractivity contribution < 1.29 is 0 Å². The van der Waals surface area contributed by atoms with Gasteiger partial charge in [0.15, 0.2) is 0 Å². The van der Waals surface area contributed by atoms with Crippen molar-refractivity contribution in [3.63, 3.8) is 0 Å². The zero-order chi connectivity index (χ0) is 28.3. The van der Waals surface area contributed by atoms with Gasteiger partial charge in [-0.15, -0.1) is 22.7 Å². The fraction of sp³-hybridized carbons (Fsp3) is 0. The molecule has 43 heavy (non-hydrogen) atoms. The molecule has 0 unspecified atom stereocenters. The minimum Gasteiger partial charge on any atom is -0.309 e. The Morgan fingerprint density at radius 2 is 1.02 bits per heavy atom. The first kappa shape index (κ1) is 24.6. The molecule has 0 bridgehead atoms. The highest BCUT2D eigenvalue weighted by Crippen LogP contribution is 2.49. The third-order valence-electron chi connectivity index (χ3n) is 8.46. The highest BCUT2D eigenvalue weighted by Gasteiger charge is 2.20. The molecule has 0 fully saturated rings. The van der Waals surface area contributed by atoms with Crippen molar-refractivity contribution in [3.8, 4) is 11.1 Å². The van der Waals surface area contributed by atoms with E-state index >= 15 is 0 Å². The molecule has 0 spiro atoms. The second kappa shape index (κ2) is 9.81. The molecule has 2 heterocycles. The lowest BCUT2D eigenvalue weighted by Crippen LogP contribution is -2.09. The zero-order valence-corrected chi connectivity index (χ0v) is 24.8. The summed E-state index contributed by atoms with van der Waals surface area (Å²) >= 11 is 3.84. The van der Waals surface area contributed by atoms with E-state index in [0.717, 1.165) is 11.4 Å². The number of benzene rings is 7.